The van der Waals surface area contributed by atoms with E-state index in [1.165, 1.54) is 27.8 Å². The summed E-state index contributed by atoms with van der Waals surface area (Å²) in [4.78, 5) is 9.42. The molecule has 0 bridgehead atoms. The number of pyridine rings is 1. The first kappa shape index (κ1) is 36.5. The summed E-state index contributed by atoms with van der Waals surface area (Å²) >= 11 is 0. The van der Waals surface area contributed by atoms with E-state index >= 15 is 0 Å². The van der Waals surface area contributed by atoms with Gasteiger partial charge < -0.3 is 10.5 Å². The van der Waals surface area contributed by atoms with Crippen LogP contribution in [0.1, 0.15) is 33.4 Å². The van der Waals surface area contributed by atoms with E-state index in [2.05, 4.69) is 158 Å². The zero-order valence-corrected chi connectivity index (χ0v) is 33.1. The van der Waals surface area contributed by atoms with Crippen molar-refractivity contribution in [2.24, 2.45) is 10.7 Å². The third kappa shape index (κ3) is 6.18. The number of fused-ring (bicyclic) bond motifs is 10. The molecule has 60 heavy (non-hydrogen) atoms. The maximum Gasteiger partial charge on any atom is 0.132 e. The minimum Gasteiger partial charge on any atom is -0.457 e. The van der Waals surface area contributed by atoms with Gasteiger partial charge in [0.15, 0.2) is 0 Å². The number of ether oxygens (including phenoxy) is 1. The van der Waals surface area contributed by atoms with Gasteiger partial charge in [-0.3, -0.25) is 4.98 Å². The van der Waals surface area contributed by atoms with Gasteiger partial charge in [0, 0.05) is 28.3 Å². The van der Waals surface area contributed by atoms with Crippen LogP contribution in [0.15, 0.2) is 224 Å². The zero-order valence-electron chi connectivity index (χ0n) is 33.1. The fraction of sp³-hybridized carbons (Fsp3) is 0.0357. The highest BCUT2D eigenvalue weighted by molar-refractivity contribution is 6.02. The number of benzene rings is 7. The van der Waals surface area contributed by atoms with Crippen molar-refractivity contribution in [1.82, 2.24) is 4.98 Å². The topological polar surface area (TPSA) is 60.5 Å². The van der Waals surface area contributed by atoms with Gasteiger partial charge in [-0.2, -0.15) is 0 Å². The third-order valence-electron chi connectivity index (χ3n) is 11.8. The van der Waals surface area contributed by atoms with E-state index in [0.717, 1.165) is 67.0 Å². The molecule has 1 aliphatic heterocycles. The first-order chi connectivity index (χ1) is 29.5. The Morgan fingerprint density at radius 3 is 2.03 bits per heavy atom. The number of hydrogen-bond acceptors (Lipinski definition) is 3. The lowest BCUT2D eigenvalue weighted by Crippen LogP contribution is -2.32. The number of aromatic nitrogens is 1. The van der Waals surface area contributed by atoms with Crippen LogP contribution in [0.2, 0.25) is 0 Å². The SMILES string of the molecule is C=C/C=C\C(=C)C(N)=N/C(=C\Cc1ccc2c(c1)Oc1cc(-c3ccc(-c4cccc5ncccc45)cc3)ccc1C21c2ccccc2-c2ccccc21)c1ccccc1. The Kier molecular flexibility index (Phi) is 9.23. The van der Waals surface area contributed by atoms with Gasteiger partial charge in [0.2, 0.25) is 0 Å². The van der Waals surface area contributed by atoms with Crippen LogP contribution in [0.4, 0.5) is 0 Å². The van der Waals surface area contributed by atoms with Gasteiger partial charge >= 0.3 is 0 Å². The first-order valence-electron chi connectivity index (χ1n) is 20.2. The number of amidine groups is 1. The van der Waals surface area contributed by atoms with Crippen molar-refractivity contribution in [3.05, 3.63) is 252 Å². The molecule has 0 radical (unpaired) electrons. The highest BCUT2D eigenvalue weighted by Crippen LogP contribution is 2.62. The largest absolute Gasteiger partial charge is 0.457 e. The van der Waals surface area contributed by atoms with Crippen molar-refractivity contribution in [3.8, 4) is 44.9 Å². The molecule has 2 aliphatic rings. The first-order valence-corrected chi connectivity index (χ1v) is 20.2. The summed E-state index contributed by atoms with van der Waals surface area (Å²) in [6.45, 7) is 7.86. The van der Waals surface area contributed by atoms with Crippen LogP contribution < -0.4 is 10.5 Å². The maximum absolute atomic E-state index is 7.06. The minimum absolute atomic E-state index is 0.352. The van der Waals surface area contributed by atoms with Gasteiger partial charge in [-0.15, -0.1) is 0 Å². The van der Waals surface area contributed by atoms with E-state index in [1.54, 1.807) is 12.2 Å². The van der Waals surface area contributed by atoms with Crippen LogP contribution in [0.25, 0.3) is 50.0 Å². The standard InChI is InChI=1S/C56H41N3O/c1-3-4-14-37(2)55(57)59-51(41-15-6-5-7-16-41)33-25-38-24-31-49-53(35-38)60-54-36-42(39-26-28-40(29-27-39)43-19-12-23-52-46(43)20-13-34-58-52)30-32-50(54)56(49)47-21-10-8-17-44(47)45-18-9-11-22-48(45)56/h3-24,26-36H,1-2,25H2,(H2,57,59)/b14-4-,51-33-. The number of allylic oxidation sites excluding steroid dienone is 3. The molecule has 4 nitrogen and oxygen atoms in total. The molecule has 0 unspecified atom stereocenters. The Bertz CT molecular complexity index is 3030. The van der Waals surface area contributed by atoms with Gasteiger partial charge in [-0.05, 0) is 86.3 Å². The molecule has 1 aliphatic carbocycles. The second-order valence-electron chi connectivity index (χ2n) is 15.2. The molecule has 4 heteroatoms. The van der Waals surface area contributed by atoms with Crippen LogP contribution in [0, 0.1) is 0 Å². The second kappa shape index (κ2) is 15.2. The van der Waals surface area contributed by atoms with Crippen molar-refractivity contribution in [2.45, 2.75) is 11.8 Å². The lowest BCUT2D eigenvalue weighted by molar-refractivity contribution is 0.436. The van der Waals surface area contributed by atoms with Crippen molar-refractivity contribution in [3.63, 3.8) is 0 Å². The average molecular weight is 772 g/mol. The van der Waals surface area contributed by atoms with Gasteiger partial charge in [-0.1, -0.05) is 183 Å². The number of aliphatic imine (C=N–C) groups is 1. The van der Waals surface area contributed by atoms with Crippen molar-refractivity contribution in [1.29, 1.82) is 0 Å². The summed E-state index contributed by atoms with van der Waals surface area (Å²) < 4.78 is 7.06. The van der Waals surface area contributed by atoms with Crippen molar-refractivity contribution >= 4 is 22.4 Å². The molecule has 8 aromatic rings. The predicted octanol–water partition coefficient (Wildman–Crippen LogP) is 13.3. The molecule has 10 rings (SSSR count). The summed E-state index contributed by atoms with van der Waals surface area (Å²) in [6, 6.07) is 60.4. The summed E-state index contributed by atoms with van der Waals surface area (Å²) in [5.74, 6) is 2.03. The number of hydrogen-bond donors (Lipinski definition) is 1. The summed E-state index contributed by atoms with van der Waals surface area (Å²) in [6.07, 6.45) is 9.89. The summed E-state index contributed by atoms with van der Waals surface area (Å²) in [5.41, 5.74) is 22.1. The van der Waals surface area contributed by atoms with E-state index in [1.807, 2.05) is 48.7 Å². The Balaban J connectivity index is 1.08. The Labute approximate surface area is 350 Å². The smallest absolute Gasteiger partial charge is 0.132 e. The monoisotopic (exact) mass is 771 g/mol. The van der Waals surface area contributed by atoms with Gasteiger partial charge in [0.25, 0.3) is 0 Å². The molecule has 0 fully saturated rings. The molecule has 0 atom stereocenters. The second-order valence-corrected chi connectivity index (χ2v) is 15.2. The van der Waals surface area contributed by atoms with Crippen LogP contribution in [-0.2, 0) is 11.8 Å². The average Bonchev–Trinajstić information content (AvgIpc) is 3.59. The Morgan fingerprint density at radius 1 is 0.633 bits per heavy atom. The molecule has 1 spiro atoms. The fourth-order valence-electron chi connectivity index (χ4n) is 8.98. The quantitative estimate of drug-likeness (QED) is 0.0903. The molecule has 0 saturated carbocycles. The molecule has 0 saturated heterocycles. The minimum atomic E-state index is -0.567. The predicted molar refractivity (Wildman–Crippen MR) is 248 cm³/mol. The molecule has 7 aromatic carbocycles. The van der Waals surface area contributed by atoms with Crippen LogP contribution in [0.5, 0.6) is 11.5 Å². The number of nitrogens with two attached hydrogens (primary N) is 1. The van der Waals surface area contributed by atoms with E-state index in [0.29, 0.717) is 17.8 Å². The molecule has 286 valence electrons. The molecule has 0 amide bonds. The third-order valence-corrected chi connectivity index (χ3v) is 11.8. The zero-order chi connectivity index (χ0) is 40.6. The van der Waals surface area contributed by atoms with Crippen LogP contribution in [-0.4, -0.2) is 10.8 Å². The molecular weight excluding hydrogens is 731 g/mol. The van der Waals surface area contributed by atoms with E-state index in [4.69, 9.17) is 15.5 Å². The van der Waals surface area contributed by atoms with Gasteiger partial charge in [0.1, 0.15) is 17.3 Å². The number of nitrogens with zero attached hydrogens (tertiary/aromatic N) is 2. The highest BCUT2D eigenvalue weighted by Gasteiger charge is 2.51. The molecule has 2 N–H and O–H groups in total. The van der Waals surface area contributed by atoms with Gasteiger partial charge in [0.05, 0.1) is 16.6 Å². The molecular formula is C56H41N3O. The van der Waals surface area contributed by atoms with Crippen molar-refractivity contribution < 1.29 is 4.74 Å². The van der Waals surface area contributed by atoms with Crippen molar-refractivity contribution in [2.75, 3.05) is 0 Å². The molecule has 2 heterocycles. The van der Waals surface area contributed by atoms with Crippen LogP contribution in [0.3, 0.4) is 0 Å². The lowest BCUT2D eigenvalue weighted by atomic mass is 9.66. The van der Waals surface area contributed by atoms with E-state index < -0.39 is 5.41 Å². The Morgan fingerprint density at radius 2 is 1.28 bits per heavy atom. The van der Waals surface area contributed by atoms with Crippen LogP contribution >= 0.6 is 0 Å². The lowest BCUT2D eigenvalue weighted by Gasteiger charge is -2.39. The summed E-state index contributed by atoms with van der Waals surface area (Å²) in [5, 5.41) is 1.14. The van der Waals surface area contributed by atoms with Gasteiger partial charge in [-0.25, -0.2) is 4.99 Å². The molecule has 1 aromatic heterocycles. The normalized spacial score (nSPS) is 13.7. The summed E-state index contributed by atoms with van der Waals surface area (Å²) in [7, 11) is 0. The van der Waals surface area contributed by atoms with E-state index in [-0.39, 0.29) is 0 Å². The Hall–Kier alpha value is -7.82. The highest BCUT2D eigenvalue weighted by atomic mass is 16.5. The number of rotatable bonds is 9. The fourth-order valence-corrected chi connectivity index (χ4v) is 8.98. The van der Waals surface area contributed by atoms with E-state index in [9.17, 15) is 0 Å². The maximum atomic E-state index is 7.06.